The molecule has 1 aliphatic heterocycles. The van der Waals surface area contributed by atoms with Crippen molar-refractivity contribution in [3.8, 4) is 0 Å². The summed E-state index contributed by atoms with van der Waals surface area (Å²) in [6.07, 6.45) is 1.09. The molecule has 0 amide bonds. The van der Waals surface area contributed by atoms with Gasteiger partial charge in [0.05, 0.1) is 6.04 Å². The Kier molecular flexibility index (Phi) is 2.54. The molecular formula is C11H20N4. The van der Waals surface area contributed by atoms with Crippen LogP contribution in [0.5, 0.6) is 0 Å². The van der Waals surface area contributed by atoms with Gasteiger partial charge in [-0.3, -0.25) is 0 Å². The predicted molar refractivity (Wildman–Crippen MR) is 59.8 cm³/mol. The van der Waals surface area contributed by atoms with Crippen LogP contribution in [-0.2, 0) is 12.0 Å². The fraction of sp³-hybridized carbons (Fsp3) is 0.818. The van der Waals surface area contributed by atoms with Crippen LogP contribution in [0.2, 0.25) is 0 Å². The Morgan fingerprint density at radius 1 is 1.47 bits per heavy atom. The highest BCUT2D eigenvalue weighted by Crippen LogP contribution is 2.27. The van der Waals surface area contributed by atoms with Crippen LogP contribution in [0.25, 0.3) is 0 Å². The summed E-state index contributed by atoms with van der Waals surface area (Å²) < 4.78 is 2.28. The molecule has 0 bridgehead atoms. The molecule has 1 aromatic heterocycles. The average Bonchev–Trinajstić information content (AvgIpc) is 2.63. The Labute approximate surface area is 91.1 Å². The van der Waals surface area contributed by atoms with Gasteiger partial charge in [-0.2, -0.15) is 0 Å². The van der Waals surface area contributed by atoms with Gasteiger partial charge in [-0.1, -0.05) is 20.8 Å². The highest BCUT2D eigenvalue weighted by molar-refractivity contribution is 5.11. The Morgan fingerprint density at radius 2 is 2.20 bits per heavy atom. The van der Waals surface area contributed by atoms with Gasteiger partial charge in [0, 0.05) is 18.5 Å². The minimum absolute atomic E-state index is 0.127. The largest absolute Gasteiger partial charge is 0.312 e. The SMILES string of the molecule is CCC(C)(C)c1nnc2n1CCNC2C. The van der Waals surface area contributed by atoms with E-state index < -0.39 is 0 Å². The maximum atomic E-state index is 4.36. The molecule has 0 saturated carbocycles. The van der Waals surface area contributed by atoms with Gasteiger partial charge < -0.3 is 9.88 Å². The first-order valence-electron chi connectivity index (χ1n) is 5.73. The first kappa shape index (κ1) is 10.6. The van der Waals surface area contributed by atoms with Crippen LogP contribution in [0.1, 0.15) is 51.8 Å². The van der Waals surface area contributed by atoms with E-state index in [0.29, 0.717) is 6.04 Å². The van der Waals surface area contributed by atoms with E-state index >= 15 is 0 Å². The van der Waals surface area contributed by atoms with E-state index in [4.69, 9.17) is 0 Å². The van der Waals surface area contributed by atoms with Gasteiger partial charge >= 0.3 is 0 Å². The zero-order chi connectivity index (χ0) is 11.1. The molecule has 1 atom stereocenters. The third-order valence-electron chi connectivity index (χ3n) is 3.44. The molecule has 0 saturated heterocycles. The van der Waals surface area contributed by atoms with Gasteiger partial charge in [-0.05, 0) is 13.3 Å². The van der Waals surface area contributed by atoms with Crippen molar-refractivity contribution in [3.63, 3.8) is 0 Å². The molecule has 1 aliphatic rings. The molecule has 1 N–H and O–H groups in total. The minimum atomic E-state index is 0.127. The molecule has 2 heterocycles. The molecule has 0 aromatic carbocycles. The third-order valence-corrected chi connectivity index (χ3v) is 3.44. The van der Waals surface area contributed by atoms with Crippen molar-refractivity contribution in [2.45, 2.75) is 52.1 Å². The van der Waals surface area contributed by atoms with E-state index in [1.54, 1.807) is 0 Å². The topological polar surface area (TPSA) is 42.7 Å². The van der Waals surface area contributed by atoms with Crippen LogP contribution in [0.3, 0.4) is 0 Å². The van der Waals surface area contributed by atoms with Crippen LogP contribution in [0.4, 0.5) is 0 Å². The molecule has 0 aliphatic carbocycles. The van der Waals surface area contributed by atoms with Gasteiger partial charge in [0.2, 0.25) is 0 Å². The molecule has 84 valence electrons. The summed E-state index contributed by atoms with van der Waals surface area (Å²) in [4.78, 5) is 0. The summed E-state index contributed by atoms with van der Waals surface area (Å²) in [5.74, 6) is 2.21. The highest BCUT2D eigenvalue weighted by Gasteiger charge is 2.29. The zero-order valence-electron chi connectivity index (χ0n) is 10.0. The first-order chi connectivity index (χ1) is 7.06. The van der Waals surface area contributed by atoms with Crippen LogP contribution >= 0.6 is 0 Å². The van der Waals surface area contributed by atoms with Crippen LogP contribution in [0.15, 0.2) is 0 Å². The smallest absolute Gasteiger partial charge is 0.149 e. The standard InChI is InChI=1S/C11H20N4/c1-5-11(3,4)10-14-13-9-8(2)12-6-7-15(9)10/h8,12H,5-7H2,1-4H3. The molecule has 1 unspecified atom stereocenters. The van der Waals surface area contributed by atoms with E-state index in [-0.39, 0.29) is 5.41 Å². The molecule has 0 spiro atoms. The van der Waals surface area contributed by atoms with Crippen molar-refractivity contribution < 1.29 is 0 Å². The zero-order valence-corrected chi connectivity index (χ0v) is 10.0. The summed E-state index contributed by atoms with van der Waals surface area (Å²) in [6.45, 7) is 10.8. The maximum Gasteiger partial charge on any atom is 0.149 e. The van der Waals surface area contributed by atoms with Crippen molar-refractivity contribution in [3.05, 3.63) is 11.6 Å². The number of hydrogen-bond donors (Lipinski definition) is 1. The van der Waals surface area contributed by atoms with Crippen molar-refractivity contribution in [1.82, 2.24) is 20.1 Å². The van der Waals surface area contributed by atoms with Crippen LogP contribution in [-0.4, -0.2) is 21.3 Å². The second kappa shape index (κ2) is 3.59. The van der Waals surface area contributed by atoms with Crippen LogP contribution in [0, 0.1) is 0 Å². The quantitative estimate of drug-likeness (QED) is 0.803. The van der Waals surface area contributed by atoms with Gasteiger partial charge in [0.1, 0.15) is 11.6 Å². The summed E-state index contributed by atoms with van der Waals surface area (Å²) in [5, 5.41) is 12.1. The third kappa shape index (κ3) is 1.67. The number of hydrogen-bond acceptors (Lipinski definition) is 3. The number of nitrogens with one attached hydrogen (secondary N) is 1. The van der Waals surface area contributed by atoms with E-state index in [1.165, 1.54) is 0 Å². The van der Waals surface area contributed by atoms with Crippen molar-refractivity contribution in [1.29, 1.82) is 0 Å². The van der Waals surface area contributed by atoms with E-state index in [1.807, 2.05) is 0 Å². The van der Waals surface area contributed by atoms with Gasteiger partial charge in [0.15, 0.2) is 0 Å². The first-order valence-corrected chi connectivity index (χ1v) is 5.73. The summed E-state index contributed by atoms with van der Waals surface area (Å²) in [6, 6.07) is 0.327. The molecule has 4 nitrogen and oxygen atoms in total. The van der Waals surface area contributed by atoms with Gasteiger partial charge in [0.25, 0.3) is 0 Å². The number of nitrogens with zero attached hydrogens (tertiary/aromatic N) is 3. The lowest BCUT2D eigenvalue weighted by Gasteiger charge is -2.27. The Hall–Kier alpha value is -0.900. The number of aromatic nitrogens is 3. The number of fused-ring (bicyclic) bond motifs is 1. The summed E-state index contributed by atoms with van der Waals surface area (Å²) >= 11 is 0. The maximum absolute atomic E-state index is 4.36. The fourth-order valence-corrected chi connectivity index (χ4v) is 2.00. The van der Waals surface area contributed by atoms with E-state index in [9.17, 15) is 0 Å². The Balaban J connectivity index is 2.43. The molecule has 2 rings (SSSR count). The normalized spacial score (nSPS) is 21.5. The highest BCUT2D eigenvalue weighted by atomic mass is 15.3. The molecule has 4 heteroatoms. The van der Waals surface area contributed by atoms with Crippen molar-refractivity contribution in [2.24, 2.45) is 0 Å². The molecule has 15 heavy (non-hydrogen) atoms. The van der Waals surface area contributed by atoms with Gasteiger partial charge in [-0.25, -0.2) is 0 Å². The lowest BCUT2D eigenvalue weighted by molar-refractivity contribution is 0.390. The second-order valence-corrected chi connectivity index (χ2v) is 4.95. The molecule has 0 fully saturated rings. The molecule has 1 aromatic rings. The van der Waals surface area contributed by atoms with Crippen molar-refractivity contribution in [2.75, 3.05) is 6.54 Å². The number of rotatable bonds is 2. The second-order valence-electron chi connectivity index (χ2n) is 4.95. The summed E-state index contributed by atoms with van der Waals surface area (Å²) in [7, 11) is 0. The molecular weight excluding hydrogens is 188 g/mol. The Morgan fingerprint density at radius 3 is 2.87 bits per heavy atom. The monoisotopic (exact) mass is 208 g/mol. The van der Waals surface area contributed by atoms with Crippen LogP contribution < -0.4 is 5.32 Å². The fourth-order valence-electron chi connectivity index (χ4n) is 2.00. The average molecular weight is 208 g/mol. The minimum Gasteiger partial charge on any atom is -0.312 e. The van der Waals surface area contributed by atoms with Crippen molar-refractivity contribution >= 4 is 0 Å². The predicted octanol–water partition coefficient (Wildman–Crippen LogP) is 1.63. The van der Waals surface area contributed by atoms with Gasteiger partial charge in [-0.15, -0.1) is 10.2 Å². The summed E-state index contributed by atoms with van der Waals surface area (Å²) in [5.41, 5.74) is 0.127. The molecule has 0 radical (unpaired) electrons. The Bertz CT molecular complexity index is 353. The lowest BCUT2D eigenvalue weighted by atomic mass is 9.89. The van der Waals surface area contributed by atoms with E-state index in [2.05, 4.69) is 47.8 Å². The lowest BCUT2D eigenvalue weighted by Crippen LogP contribution is -2.34. The van der Waals surface area contributed by atoms with E-state index in [0.717, 1.165) is 31.2 Å².